The average Bonchev–Trinajstić information content (AvgIpc) is 3.43. The zero-order chi connectivity index (χ0) is 23.2. The molecule has 0 aliphatic rings. The highest BCUT2D eigenvalue weighted by atomic mass is 16.5. The largest absolute Gasteiger partial charge is 0.486 e. The fourth-order valence-corrected chi connectivity index (χ4v) is 3.30. The summed E-state index contributed by atoms with van der Waals surface area (Å²) in [6.45, 7) is 5.67. The Morgan fingerprint density at radius 1 is 1.33 bits per heavy atom. The third-order valence-electron chi connectivity index (χ3n) is 4.82. The summed E-state index contributed by atoms with van der Waals surface area (Å²) in [7, 11) is 0. The second-order valence-corrected chi connectivity index (χ2v) is 7.03. The summed E-state index contributed by atoms with van der Waals surface area (Å²) in [6.07, 6.45) is 8.93. The normalized spacial score (nSPS) is 11.6. The van der Waals surface area contributed by atoms with E-state index < -0.39 is 5.97 Å². The van der Waals surface area contributed by atoms with Gasteiger partial charge >= 0.3 is 5.97 Å². The molecule has 0 bridgehead atoms. The Morgan fingerprint density at radius 2 is 2.21 bits per heavy atom. The van der Waals surface area contributed by atoms with E-state index in [1.165, 1.54) is 4.68 Å². The topological polar surface area (TPSA) is 90.4 Å². The van der Waals surface area contributed by atoms with Gasteiger partial charge in [0.2, 0.25) is 5.89 Å². The van der Waals surface area contributed by atoms with E-state index in [0.29, 0.717) is 39.6 Å². The Labute approximate surface area is 190 Å². The Hall–Kier alpha value is -4.57. The van der Waals surface area contributed by atoms with Crippen molar-refractivity contribution in [1.82, 2.24) is 14.8 Å². The first-order valence-corrected chi connectivity index (χ1v) is 10.2. The molecule has 7 nitrogen and oxygen atoms in total. The zero-order valence-corrected chi connectivity index (χ0v) is 18.0. The number of aliphatic carboxylic acids is 1. The summed E-state index contributed by atoms with van der Waals surface area (Å²) >= 11 is 0. The molecule has 164 valence electrons. The third-order valence-corrected chi connectivity index (χ3v) is 4.82. The Kier molecular flexibility index (Phi) is 6.37. The molecule has 1 N–H and O–H groups in total. The lowest BCUT2D eigenvalue weighted by Gasteiger charge is -2.07. The number of allylic oxidation sites excluding steroid dienone is 5. The molecule has 2 aromatic carbocycles. The van der Waals surface area contributed by atoms with E-state index in [1.54, 1.807) is 36.5 Å². The number of carbonyl (C=O) groups is 1. The highest BCUT2D eigenvalue weighted by Gasteiger charge is 2.18. The van der Waals surface area contributed by atoms with Crippen molar-refractivity contribution in [2.24, 2.45) is 0 Å². The quantitative estimate of drug-likeness (QED) is 0.365. The van der Waals surface area contributed by atoms with Gasteiger partial charge in [-0.15, -0.1) is 0 Å². The average molecular weight is 439 g/mol. The Balaban J connectivity index is 1.68. The number of fused-ring (bicyclic) bond motifs is 1. The van der Waals surface area contributed by atoms with Gasteiger partial charge in [0, 0.05) is 5.57 Å². The first kappa shape index (κ1) is 21.7. The molecule has 0 unspecified atom stereocenters. The van der Waals surface area contributed by atoms with Gasteiger partial charge in [0.15, 0.2) is 5.76 Å². The number of carboxylic acids is 1. The fraction of sp³-hybridized carbons (Fsp3) is 0.115. The number of nitrogens with zero attached hydrogens (tertiary/aromatic N) is 3. The molecular formula is C26H21N3O4. The van der Waals surface area contributed by atoms with Crippen LogP contribution in [0.25, 0.3) is 27.8 Å². The Bertz CT molecular complexity index is 1350. The van der Waals surface area contributed by atoms with Gasteiger partial charge in [-0.1, -0.05) is 49.1 Å². The molecule has 0 saturated heterocycles. The number of oxazole rings is 1. The second-order valence-electron chi connectivity index (χ2n) is 7.03. The van der Waals surface area contributed by atoms with Crippen molar-refractivity contribution < 1.29 is 19.1 Å². The van der Waals surface area contributed by atoms with E-state index in [0.717, 1.165) is 5.57 Å². The summed E-state index contributed by atoms with van der Waals surface area (Å²) in [5.41, 5.74) is 2.70. The van der Waals surface area contributed by atoms with Crippen LogP contribution in [0.4, 0.5) is 0 Å². The first-order valence-electron chi connectivity index (χ1n) is 10.2. The third kappa shape index (κ3) is 4.70. The predicted molar refractivity (Wildman–Crippen MR) is 124 cm³/mol. The molecule has 0 radical (unpaired) electrons. The van der Waals surface area contributed by atoms with Crippen molar-refractivity contribution in [1.29, 1.82) is 0 Å². The van der Waals surface area contributed by atoms with E-state index in [9.17, 15) is 4.79 Å². The van der Waals surface area contributed by atoms with Gasteiger partial charge in [-0.05, 0) is 37.3 Å². The second kappa shape index (κ2) is 9.71. The summed E-state index contributed by atoms with van der Waals surface area (Å²) in [4.78, 5) is 15.7. The van der Waals surface area contributed by atoms with Crippen LogP contribution in [0.1, 0.15) is 18.5 Å². The maximum absolute atomic E-state index is 11.1. The highest BCUT2D eigenvalue weighted by Crippen LogP contribution is 2.30. The molecule has 0 fully saturated rings. The lowest BCUT2D eigenvalue weighted by molar-refractivity contribution is -0.137. The standard InChI is InChI=1S/C26H21N3O4/c1-3-5-10-18(4-2)26-28-21(25(33-26)19-11-7-6-8-12-19)17-32-23-14-9-13-22-20(23)15-27-29(22)16-24(30)31/h3-7,9-11,13-15H,2,16-17H2,1H3,(H,30,31)/b5-3-,18-10+. The van der Waals surface area contributed by atoms with Crippen molar-refractivity contribution in [2.45, 2.75) is 20.1 Å². The molecule has 0 atom stereocenters. The predicted octanol–water partition coefficient (Wildman–Crippen LogP) is 5.10. The van der Waals surface area contributed by atoms with E-state index in [1.807, 2.05) is 37.3 Å². The monoisotopic (exact) mass is 439 g/mol. The molecule has 0 aliphatic carbocycles. The summed E-state index contributed by atoms with van der Waals surface area (Å²) in [6, 6.07) is 16.8. The van der Waals surface area contributed by atoms with Gasteiger partial charge in [0.1, 0.15) is 24.6 Å². The van der Waals surface area contributed by atoms with E-state index >= 15 is 0 Å². The van der Waals surface area contributed by atoms with Gasteiger partial charge in [-0.25, -0.2) is 4.98 Å². The number of ether oxygens (including phenoxy) is 1. The van der Waals surface area contributed by atoms with Crippen molar-refractivity contribution in [3.05, 3.63) is 97.2 Å². The summed E-state index contributed by atoms with van der Waals surface area (Å²) < 4.78 is 13.6. The highest BCUT2D eigenvalue weighted by molar-refractivity contribution is 5.86. The van der Waals surface area contributed by atoms with E-state index in [4.69, 9.17) is 14.3 Å². The molecular weight excluding hydrogens is 418 g/mol. The van der Waals surface area contributed by atoms with E-state index in [-0.39, 0.29) is 13.2 Å². The number of rotatable bonds is 9. The summed E-state index contributed by atoms with van der Waals surface area (Å²) in [5.74, 6) is 0.549. The van der Waals surface area contributed by atoms with Gasteiger partial charge in [0.25, 0.3) is 0 Å². The first-order chi connectivity index (χ1) is 16.1. The molecule has 4 rings (SSSR count). The number of hydrogen-bond donors (Lipinski definition) is 1. The Morgan fingerprint density at radius 3 is 2.94 bits per heavy atom. The van der Waals surface area contributed by atoms with Gasteiger partial charge < -0.3 is 14.3 Å². The van der Waals surface area contributed by atoms with Crippen LogP contribution >= 0.6 is 0 Å². The SMILES string of the molecule is C=C/C(=C\C=C/C)c1nc(COc2cccc3c2cnn3CC(=O)O)c(-c2c#cccc2)o1. The maximum Gasteiger partial charge on any atom is 0.325 e. The van der Waals surface area contributed by atoms with Crippen LogP contribution < -0.4 is 4.74 Å². The van der Waals surface area contributed by atoms with Crippen LogP contribution in [0.3, 0.4) is 0 Å². The molecule has 2 heterocycles. The van der Waals surface area contributed by atoms with Crippen LogP contribution in [0.5, 0.6) is 5.75 Å². The lowest BCUT2D eigenvalue weighted by atomic mass is 10.2. The lowest BCUT2D eigenvalue weighted by Crippen LogP contribution is -2.09. The fourth-order valence-electron chi connectivity index (χ4n) is 3.30. The number of aromatic nitrogens is 3. The minimum atomic E-state index is -0.967. The minimum absolute atomic E-state index is 0.124. The number of carboxylic acid groups (broad SMARTS) is 1. The molecule has 0 amide bonds. The van der Waals surface area contributed by atoms with Crippen molar-refractivity contribution in [2.75, 3.05) is 0 Å². The molecule has 0 saturated carbocycles. The molecule has 33 heavy (non-hydrogen) atoms. The van der Waals surface area contributed by atoms with Crippen LogP contribution in [0.2, 0.25) is 0 Å². The van der Waals surface area contributed by atoms with Gasteiger partial charge in [-0.3, -0.25) is 9.48 Å². The smallest absolute Gasteiger partial charge is 0.325 e. The minimum Gasteiger partial charge on any atom is -0.486 e. The number of benzene rings is 1. The summed E-state index contributed by atoms with van der Waals surface area (Å²) in [5, 5.41) is 14.0. The van der Waals surface area contributed by atoms with Crippen LogP contribution in [-0.4, -0.2) is 25.8 Å². The van der Waals surface area contributed by atoms with E-state index in [2.05, 4.69) is 28.8 Å². The van der Waals surface area contributed by atoms with Gasteiger partial charge in [0.05, 0.1) is 22.7 Å². The molecule has 0 aliphatic heterocycles. The van der Waals surface area contributed by atoms with Crippen molar-refractivity contribution in [3.63, 3.8) is 0 Å². The van der Waals surface area contributed by atoms with Crippen molar-refractivity contribution >= 4 is 22.4 Å². The molecule has 0 spiro atoms. The van der Waals surface area contributed by atoms with Gasteiger partial charge in [-0.2, -0.15) is 5.10 Å². The molecule has 7 heteroatoms. The van der Waals surface area contributed by atoms with Crippen LogP contribution in [0.15, 0.2) is 77.9 Å². The molecule has 4 aromatic rings. The van der Waals surface area contributed by atoms with Crippen LogP contribution in [-0.2, 0) is 17.9 Å². The number of hydrogen-bond acceptors (Lipinski definition) is 5. The zero-order valence-electron chi connectivity index (χ0n) is 18.0. The maximum atomic E-state index is 11.1. The molecule has 2 aromatic heterocycles. The van der Waals surface area contributed by atoms with Crippen molar-refractivity contribution in [3.8, 4) is 17.1 Å². The van der Waals surface area contributed by atoms with Crippen LogP contribution in [0, 0.1) is 12.1 Å².